The number of piperidine rings is 1. The Balaban J connectivity index is 1.64. The van der Waals surface area contributed by atoms with Crippen molar-refractivity contribution >= 4 is 29.3 Å². The van der Waals surface area contributed by atoms with E-state index in [1.807, 2.05) is 29.2 Å². The lowest BCUT2D eigenvalue weighted by Crippen LogP contribution is -2.40. The number of para-hydroxylation sites is 1. The quantitative estimate of drug-likeness (QED) is 0.855. The van der Waals surface area contributed by atoms with Gasteiger partial charge >= 0.3 is 0 Å². The second-order valence-corrected chi connectivity index (χ2v) is 6.67. The molecule has 110 valence electrons. The molecular formula is C16H18N2O2S. The SMILES string of the molecule is C=C1CCN(C(=O)C[C@@H]2Sc3ccccc3NC2=O)CC1. The first-order valence-electron chi connectivity index (χ1n) is 7.14. The summed E-state index contributed by atoms with van der Waals surface area (Å²) in [6, 6.07) is 7.69. The van der Waals surface area contributed by atoms with Crippen molar-refractivity contribution in [3.63, 3.8) is 0 Å². The summed E-state index contributed by atoms with van der Waals surface area (Å²) in [7, 11) is 0. The van der Waals surface area contributed by atoms with E-state index in [9.17, 15) is 9.59 Å². The van der Waals surface area contributed by atoms with Crippen LogP contribution in [0.2, 0.25) is 0 Å². The number of anilines is 1. The summed E-state index contributed by atoms with van der Waals surface area (Å²) in [6.07, 6.45) is 2.01. The van der Waals surface area contributed by atoms with Crippen molar-refractivity contribution in [3.05, 3.63) is 36.4 Å². The van der Waals surface area contributed by atoms with Gasteiger partial charge in [0.15, 0.2) is 0 Å². The van der Waals surface area contributed by atoms with E-state index in [-0.39, 0.29) is 23.5 Å². The van der Waals surface area contributed by atoms with Crippen molar-refractivity contribution in [1.82, 2.24) is 4.90 Å². The Labute approximate surface area is 128 Å². The van der Waals surface area contributed by atoms with Gasteiger partial charge in [-0.3, -0.25) is 9.59 Å². The van der Waals surface area contributed by atoms with Gasteiger partial charge in [0.2, 0.25) is 11.8 Å². The molecule has 1 N–H and O–H groups in total. The predicted octanol–water partition coefficient (Wildman–Crippen LogP) is 2.67. The van der Waals surface area contributed by atoms with Gasteiger partial charge in [0.25, 0.3) is 0 Å². The molecule has 4 nitrogen and oxygen atoms in total. The number of rotatable bonds is 2. The molecule has 0 aromatic heterocycles. The molecule has 1 aromatic carbocycles. The van der Waals surface area contributed by atoms with E-state index in [0.717, 1.165) is 36.5 Å². The van der Waals surface area contributed by atoms with Crippen LogP contribution in [0.3, 0.4) is 0 Å². The molecule has 2 aliphatic rings. The number of thioether (sulfide) groups is 1. The molecule has 5 heteroatoms. The van der Waals surface area contributed by atoms with Crippen LogP contribution >= 0.6 is 11.8 Å². The molecule has 1 fully saturated rings. The number of hydrogen-bond acceptors (Lipinski definition) is 3. The number of amides is 2. The second-order valence-electron chi connectivity index (χ2n) is 5.43. The Kier molecular flexibility index (Phi) is 4.01. The largest absolute Gasteiger partial charge is 0.342 e. The van der Waals surface area contributed by atoms with Gasteiger partial charge in [-0.05, 0) is 25.0 Å². The van der Waals surface area contributed by atoms with Gasteiger partial charge in [-0.15, -0.1) is 11.8 Å². The van der Waals surface area contributed by atoms with E-state index in [4.69, 9.17) is 0 Å². The van der Waals surface area contributed by atoms with Crippen LogP contribution in [0.4, 0.5) is 5.69 Å². The first kappa shape index (κ1) is 14.2. The number of fused-ring (bicyclic) bond motifs is 1. The van der Waals surface area contributed by atoms with E-state index in [2.05, 4.69) is 11.9 Å². The first-order valence-corrected chi connectivity index (χ1v) is 8.02. The van der Waals surface area contributed by atoms with E-state index >= 15 is 0 Å². The third-order valence-corrected chi connectivity index (χ3v) is 5.17. The highest BCUT2D eigenvalue weighted by Gasteiger charge is 2.30. The zero-order valence-electron chi connectivity index (χ0n) is 11.8. The zero-order valence-corrected chi connectivity index (χ0v) is 12.6. The molecular weight excluding hydrogens is 284 g/mol. The van der Waals surface area contributed by atoms with Crippen LogP contribution in [0, 0.1) is 0 Å². The van der Waals surface area contributed by atoms with Gasteiger partial charge in [0, 0.05) is 24.4 Å². The number of carbonyl (C=O) groups is 2. The lowest BCUT2D eigenvalue weighted by Gasteiger charge is -2.30. The van der Waals surface area contributed by atoms with E-state index in [1.165, 1.54) is 17.3 Å². The van der Waals surface area contributed by atoms with Crippen LogP contribution in [0.15, 0.2) is 41.3 Å². The summed E-state index contributed by atoms with van der Waals surface area (Å²) < 4.78 is 0. The molecule has 2 amide bonds. The van der Waals surface area contributed by atoms with Gasteiger partial charge in [-0.25, -0.2) is 0 Å². The van der Waals surface area contributed by atoms with Crippen molar-refractivity contribution in [2.24, 2.45) is 0 Å². The highest BCUT2D eigenvalue weighted by molar-refractivity contribution is 8.01. The molecule has 0 spiro atoms. The maximum atomic E-state index is 12.3. The lowest BCUT2D eigenvalue weighted by molar-refractivity contribution is -0.133. The average Bonchev–Trinajstić information content (AvgIpc) is 2.48. The Morgan fingerprint density at radius 3 is 2.81 bits per heavy atom. The highest BCUT2D eigenvalue weighted by Crippen LogP contribution is 2.36. The van der Waals surface area contributed by atoms with Crippen molar-refractivity contribution in [2.45, 2.75) is 29.4 Å². The van der Waals surface area contributed by atoms with Crippen LogP contribution < -0.4 is 5.32 Å². The molecule has 1 saturated heterocycles. The molecule has 0 unspecified atom stereocenters. The second kappa shape index (κ2) is 5.93. The molecule has 0 aliphatic carbocycles. The minimum atomic E-state index is -0.336. The minimum absolute atomic E-state index is 0.0644. The minimum Gasteiger partial charge on any atom is -0.342 e. The molecule has 1 atom stereocenters. The third kappa shape index (κ3) is 3.13. The van der Waals surface area contributed by atoms with E-state index < -0.39 is 0 Å². The fraction of sp³-hybridized carbons (Fsp3) is 0.375. The van der Waals surface area contributed by atoms with Gasteiger partial charge in [0.05, 0.1) is 10.9 Å². The third-order valence-electron chi connectivity index (χ3n) is 3.89. The van der Waals surface area contributed by atoms with Crippen molar-refractivity contribution < 1.29 is 9.59 Å². The van der Waals surface area contributed by atoms with Crippen LogP contribution in [0.1, 0.15) is 19.3 Å². The first-order chi connectivity index (χ1) is 10.1. The number of hydrogen-bond donors (Lipinski definition) is 1. The Morgan fingerprint density at radius 1 is 1.33 bits per heavy atom. The molecule has 0 saturated carbocycles. The summed E-state index contributed by atoms with van der Waals surface area (Å²) in [6.45, 7) is 5.41. The molecule has 0 bridgehead atoms. The maximum Gasteiger partial charge on any atom is 0.238 e. The summed E-state index contributed by atoms with van der Waals surface area (Å²) in [5, 5.41) is 2.55. The lowest BCUT2D eigenvalue weighted by atomic mass is 10.1. The Bertz CT molecular complexity index is 590. The summed E-state index contributed by atoms with van der Waals surface area (Å²) >= 11 is 1.48. The van der Waals surface area contributed by atoms with Gasteiger partial charge < -0.3 is 10.2 Å². The molecule has 2 aliphatic heterocycles. The van der Waals surface area contributed by atoms with Gasteiger partial charge in [0.1, 0.15) is 0 Å². The number of likely N-dealkylation sites (tertiary alicyclic amines) is 1. The monoisotopic (exact) mass is 302 g/mol. The molecule has 0 radical (unpaired) electrons. The fourth-order valence-corrected chi connectivity index (χ4v) is 3.69. The summed E-state index contributed by atoms with van der Waals surface area (Å²) in [5.41, 5.74) is 2.04. The average molecular weight is 302 g/mol. The van der Waals surface area contributed by atoms with Crippen molar-refractivity contribution in [2.75, 3.05) is 18.4 Å². The van der Waals surface area contributed by atoms with Crippen molar-refractivity contribution in [3.8, 4) is 0 Å². The topological polar surface area (TPSA) is 49.4 Å². The van der Waals surface area contributed by atoms with Crippen molar-refractivity contribution in [1.29, 1.82) is 0 Å². The van der Waals surface area contributed by atoms with E-state index in [1.54, 1.807) is 0 Å². The zero-order chi connectivity index (χ0) is 14.8. The number of nitrogens with one attached hydrogen (secondary N) is 1. The highest BCUT2D eigenvalue weighted by atomic mass is 32.2. The molecule has 2 heterocycles. The summed E-state index contributed by atoms with van der Waals surface area (Å²) in [4.78, 5) is 27.3. The Morgan fingerprint density at radius 2 is 2.05 bits per heavy atom. The summed E-state index contributed by atoms with van der Waals surface area (Å²) in [5.74, 6) is -0.0111. The van der Waals surface area contributed by atoms with Crippen LogP contribution in [-0.2, 0) is 9.59 Å². The predicted molar refractivity (Wildman–Crippen MR) is 84.3 cm³/mol. The fourth-order valence-electron chi connectivity index (χ4n) is 2.59. The van der Waals surface area contributed by atoms with Gasteiger partial charge in [-0.1, -0.05) is 24.3 Å². The van der Waals surface area contributed by atoms with Crippen LogP contribution in [0.25, 0.3) is 0 Å². The maximum absolute atomic E-state index is 12.3. The molecule has 21 heavy (non-hydrogen) atoms. The molecule has 1 aromatic rings. The number of nitrogens with zero attached hydrogens (tertiary/aromatic N) is 1. The normalized spacial score (nSPS) is 21.7. The van der Waals surface area contributed by atoms with E-state index in [0.29, 0.717) is 0 Å². The smallest absolute Gasteiger partial charge is 0.238 e. The molecule has 3 rings (SSSR count). The van der Waals surface area contributed by atoms with Crippen LogP contribution in [0.5, 0.6) is 0 Å². The standard InChI is InChI=1S/C16H18N2O2S/c1-11-6-8-18(9-7-11)15(19)10-14-16(20)17-12-4-2-3-5-13(12)21-14/h2-5,14H,1,6-10H2,(H,17,20)/t14-/m0/s1. The van der Waals surface area contributed by atoms with Gasteiger partial charge in [-0.2, -0.15) is 0 Å². The number of carbonyl (C=O) groups excluding carboxylic acids is 2. The van der Waals surface area contributed by atoms with Crippen LogP contribution in [-0.4, -0.2) is 35.1 Å². The number of benzene rings is 1. The Hall–Kier alpha value is -1.75.